The molecule has 0 spiro atoms. The molecule has 8 nitrogen and oxygen atoms in total. The Labute approximate surface area is 255 Å². The molecule has 4 amide bonds. The van der Waals surface area contributed by atoms with Crippen LogP contribution in [0.4, 0.5) is 4.79 Å². The molecular formula is C33H48N4O4S. The van der Waals surface area contributed by atoms with Crippen molar-refractivity contribution in [3.8, 4) is 0 Å². The third-order valence-corrected chi connectivity index (χ3v) is 8.84. The van der Waals surface area contributed by atoms with Crippen molar-refractivity contribution in [2.45, 2.75) is 103 Å². The third kappa shape index (κ3) is 9.23. The van der Waals surface area contributed by atoms with E-state index < -0.39 is 40.4 Å². The first-order chi connectivity index (χ1) is 19.5. The van der Waals surface area contributed by atoms with Gasteiger partial charge in [0.2, 0.25) is 5.91 Å². The molecule has 0 aliphatic carbocycles. The van der Waals surface area contributed by atoms with Crippen LogP contribution >= 0.6 is 11.8 Å². The van der Waals surface area contributed by atoms with E-state index in [-0.39, 0.29) is 23.6 Å². The number of amides is 4. The van der Waals surface area contributed by atoms with E-state index in [9.17, 15) is 19.5 Å². The molecule has 0 bridgehead atoms. The van der Waals surface area contributed by atoms with E-state index in [1.807, 2.05) is 89.2 Å². The first kappa shape index (κ1) is 33.5. The van der Waals surface area contributed by atoms with Gasteiger partial charge >= 0.3 is 6.03 Å². The fraction of sp³-hybridized carbons (Fsp3) is 0.545. The van der Waals surface area contributed by atoms with Gasteiger partial charge in [-0.05, 0) is 69.6 Å². The molecule has 42 heavy (non-hydrogen) atoms. The molecule has 3 atom stereocenters. The van der Waals surface area contributed by atoms with Gasteiger partial charge in [0.15, 0.2) is 6.10 Å². The average Bonchev–Trinajstić information content (AvgIpc) is 3.20. The lowest BCUT2D eigenvalue weighted by Crippen LogP contribution is -2.60. The molecule has 3 rings (SSSR count). The van der Waals surface area contributed by atoms with Gasteiger partial charge in [-0.25, -0.2) is 4.79 Å². The molecule has 2 aromatic carbocycles. The zero-order chi connectivity index (χ0) is 31.3. The predicted octanol–water partition coefficient (Wildman–Crippen LogP) is 4.78. The Morgan fingerprint density at radius 1 is 1.02 bits per heavy atom. The fourth-order valence-corrected chi connectivity index (χ4v) is 6.97. The number of nitrogens with one attached hydrogen (secondary N) is 3. The van der Waals surface area contributed by atoms with Crippen LogP contribution in [0.15, 0.2) is 54.6 Å². The standard InChI is InChI=1S/C33H48N4O4S/c1-22-14-12-13-17-24(22)19-34-28(39)27-33(7,8)42-21-37(27)29(40)26(38)25(18-23-15-10-9-11-16-23)35-30(41)36-32(5,6)20-31(2,3)4/h9-17,25-27,38H,18-21H2,1-8H3,(H,34,39)(H2,35,36,41)/t25-,26-,27+/m0/s1. The van der Waals surface area contributed by atoms with Gasteiger partial charge in [0, 0.05) is 16.8 Å². The van der Waals surface area contributed by atoms with Crippen molar-refractivity contribution in [3.05, 3.63) is 71.3 Å². The Hall–Kier alpha value is -3.04. The summed E-state index contributed by atoms with van der Waals surface area (Å²) in [4.78, 5) is 42.0. The van der Waals surface area contributed by atoms with Crippen molar-refractivity contribution < 1.29 is 19.5 Å². The molecule has 230 valence electrons. The second-order valence-corrected chi connectivity index (χ2v) is 15.3. The minimum absolute atomic E-state index is 0.00921. The average molecular weight is 597 g/mol. The number of benzene rings is 2. The van der Waals surface area contributed by atoms with Crippen molar-refractivity contribution in [1.82, 2.24) is 20.9 Å². The summed E-state index contributed by atoms with van der Waals surface area (Å²) < 4.78 is -0.568. The van der Waals surface area contributed by atoms with Crippen LogP contribution in [0.3, 0.4) is 0 Å². The fourth-order valence-electron chi connectivity index (χ4n) is 5.83. The molecule has 4 N–H and O–H groups in total. The van der Waals surface area contributed by atoms with Crippen LogP contribution in [-0.4, -0.2) is 62.2 Å². The molecule has 0 saturated carbocycles. The van der Waals surface area contributed by atoms with Crippen molar-refractivity contribution in [2.75, 3.05) is 5.88 Å². The van der Waals surface area contributed by atoms with Gasteiger partial charge in [-0.1, -0.05) is 75.4 Å². The highest BCUT2D eigenvalue weighted by Crippen LogP contribution is 2.40. The summed E-state index contributed by atoms with van der Waals surface area (Å²) in [6.07, 6.45) is -0.574. The van der Waals surface area contributed by atoms with Crippen molar-refractivity contribution in [1.29, 1.82) is 0 Å². The smallest absolute Gasteiger partial charge is 0.315 e. The van der Waals surface area contributed by atoms with E-state index in [0.717, 1.165) is 23.1 Å². The summed E-state index contributed by atoms with van der Waals surface area (Å²) in [6, 6.07) is 15.1. The molecule has 0 aromatic heterocycles. The van der Waals surface area contributed by atoms with Crippen LogP contribution in [0.1, 0.15) is 71.6 Å². The molecule has 0 unspecified atom stereocenters. The number of nitrogens with zero attached hydrogens (tertiary/aromatic N) is 1. The van der Waals surface area contributed by atoms with Gasteiger partial charge < -0.3 is 26.0 Å². The van der Waals surface area contributed by atoms with Crippen LogP contribution in [0.5, 0.6) is 0 Å². The van der Waals surface area contributed by atoms with Gasteiger partial charge in [-0.3, -0.25) is 9.59 Å². The van der Waals surface area contributed by atoms with E-state index in [4.69, 9.17) is 0 Å². The minimum Gasteiger partial charge on any atom is -0.381 e. The first-order valence-electron chi connectivity index (χ1n) is 14.6. The number of hydrogen-bond donors (Lipinski definition) is 4. The number of urea groups is 1. The normalized spacial score (nSPS) is 18.2. The summed E-state index contributed by atoms with van der Waals surface area (Å²) in [5.41, 5.74) is 2.42. The van der Waals surface area contributed by atoms with Gasteiger partial charge in [0.1, 0.15) is 6.04 Å². The largest absolute Gasteiger partial charge is 0.381 e. The highest BCUT2D eigenvalue weighted by atomic mass is 32.2. The summed E-state index contributed by atoms with van der Waals surface area (Å²) in [5.74, 6) is -0.601. The molecule has 1 aliphatic rings. The number of hydrogen-bond acceptors (Lipinski definition) is 5. The van der Waals surface area contributed by atoms with Crippen LogP contribution < -0.4 is 16.0 Å². The lowest BCUT2D eigenvalue weighted by Gasteiger charge is -2.35. The highest BCUT2D eigenvalue weighted by Gasteiger charge is 2.49. The number of aliphatic hydroxyl groups is 1. The number of carbonyl (C=O) groups excluding carboxylic acids is 3. The van der Waals surface area contributed by atoms with E-state index >= 15 is 0 Å². The van der Waals surface area contributed by atoms with Gasteiger partial charge in [-0.15, -0.1) is 11.8 Å². The zero-order valence-corrected chi connectivity index (χ0v) is 27.1. The number of rotatable bonds is 10. The third-order valence-electron chi connectivity index (χ3n) is 7.46. The quantitative estimate of drug-likeness (QED) is 0.316. The van der Waals surface area contributed by atoms with Gasteiger partial charge in [-0.2, -0.15) is 0 Å². The zero-order valence-electron chi connectivity index (χ0n) is 26.3. The summed E-state index contributed by atoms with van der Waals surface area (Å²) in [5, 5.41) is 20.4. The topological polar surface area (TPSA) is 111 Å². The number of aliphatic hydroxyl groups excluding tert-OH is 1. The molecular weight excluding hydrogens is 548 g/mol. The van der Waals surface area contributed by atoms with Crippen LogP contribution in [0.25, 0.3) is 0 Å². The van der Waals surface area contributed by atoms with E-state index in [1.165, 1.54) is 16.7 Å². The van der Waals surface area contributed by atoms with Crippen molar-refractivity contribution in [2.24, 2.45) is 5.41 Å². The Balaban J connectivity index is 1.79. The second kappa shape index (κ2) is 13.5. The minimum atomic E-state index is -1.55. The predicted molar refractivity (Wildman–Crippen MR) is 170 cm³/mol. The molecule has 1 saturated heterocycles. The number of carbonyl (C=O) groups is 3. The maximum atomic E-state index is 13.9. The van der Waals surface area contributed by atoms with Gasteiger partial charge in [0.25, 0.3) is 5.91 Å². The lowest BCUT2D eigenvalue weighted by molar-refractivity contribution is -0.147. The second-order valence-electron chi connectivity index (χ2n) is 13.7. The van der Waals surface area contributed by atoms with E-state index in [1.54, 1.807) is 0 Å². The first-order valence-corrected chi connectivity index (χ1v) is 15.5. The summed E-state index contributed by atoms with van der Waals surface area (Å²) in [7, 11) is 0. The number of aryl methyl sites for hydroxylation is 1. The van der Waals surface area contributed by atoms with Crippen LogP contribution in [-0.2, 0) is 22.6 Å². The van der Waals surface area contributed by atoms with Crippen LogP contribution in [0.2, 0.25) is 0 Å². The molecule has 1 heterocycles. The van der Waals surface area contributed by atoms with Crippen molar-refractivity contribution >= 4 is 29.6 Å². The Morgan fingerprint density at radius 2 is 1.64 bits per heavy atom. The summed E-state index contributed by atoms with van der Waals surface area (Å²) in [6.45, 7) is 16.4. The van der Waals surface area contributed by atoms with Crippen molar-refractivity contribution in [3.63, 3.8) is 0 Å². The van der Waals surface area contributed by atoms with Crippen LogP contribution in [0, 0.1) is 12.3 Å². The van der Waals surface area contributed by atoms with E-state index in [0.29, 0.717) is 6.54 Å². The SMILES string of the molecule is Cc1ccccc1CNC(=O)[C@H]1N(C(=O)[C@@H](O)[C@H](Cc2ccccc2)NC(=O)NC(C)(C)CC(C)(C)C)CSC1(C)C. The van der Waals surface area contributed by atoms with Gasteiger partial charge in [0.05, 0.1) is 11.9 Å². The Morgan fingerprint density at radius 3 is 2.26 bits per heavy atom. The maximum Gasteiger partial charge on any atom is 0.315 e. The monoisotopic (exact) mass is 596 g/mol. The van der Waals surface area contributed by atoms with E-state index in [2.05, 4.69) is 36.7 Å². The molecule has 1 aliphatic heterocycles. The Kier molecular flexibility index (Phi) is 10.8. The molecule has 2 aromatic rings. The molecule has 9 heteroatoms. The summed E-state index contributed by atoms with van der Waals surface area (Å²) >= 11 is 1.49. The molecule has 0 radical (unpaired) electrons. The number of thioether (sulfide) groups is 1. The maximum absolute atomic E-state index is 13.9. The highest BCUT2D eigenvalue weighted by molar-refractivity contribution is 8.00. The lowest BCUT2D eigenvalue weighted by atomic mass is 9.82. The Bertz CT molecular complexity index is 1240. The molecule has 1 fully saturated rings.